The number of nitro benzene ring substituents is 1. The number of hydrogen-bond donors (Lipinski definition) is 0. The van der Waals surface area contributed by atoms with E-state index in [1.807, 2.05) is 0 Å². The van der Waals surface area contributed by atoms with E-state index < -0.39 is 45.5 Å². The Bertz CT molecular complexity index is 756. The lowest BCUT2D eigenvalue weighted by molar-refractivity contribution is -0.385. The van der Waals surface area contributed by atoms with Crippen LogP contribution in [0.2, 0.25) is 0 Å². The van der Waals surface area contributed by atoms with Gasteiger partial charge < -0.3 is 4.74 Å². The van der Waals surface area contributed by atoms with Crippen molar-refractivity contribution in [2.75, 3.05) is 0 Å². The molecule has 0 aromatic heterocycles. The zero-order valence-electron chi connectivity index (χ0n) is 10.8. The molecule has 0 atom stereocenters. The lowest BCUT2D eigenvalue weighted by atomic mass is 10.2. The predicted molar refractivity (Wildman–Crippen MR) is 72.2 cm³/mol. The summed E-state index contributed by atoms with van der Waals surface area (Å²) in [6.45, 7) is 0. The van der Waals surface area contributed by atoms with Crippen molar-refractivity contribution in [3.05, 3.63) is 62.1 Å². The monoisotopic (exact) mass is 397 g/mol. The Morgan fingerprint density at radius 1 is 1.09 bits per heavy atom. The van der Waals surface area contributed by atoms with E-state index in [9.17, 15) is 32.1 Å². The molecule has 0 aliphatic heterocycles. The van der Waals surface area contributed by atoms with Gasteiger partial charge >= 0.3 is 11.9 Å². The molecule has 4 nitrogen and oxygen atoms in total. The molecule has 10 heteroatoms. The minimum atomic E-state index is -4.94. The largest absolute Gasteiger partial charge is 0.444 e. The molecule has 2 aromatic carbocycles. The van der Waals surface area contributed by atoms with Crippen molar-refractivity contribution in [1.29, 1.82) is 0 Å². The number of rotatable bonds is 3. The summed E-state index contributed by atoms with van der Waals surface area (Å²) in [5.41, 5.74) is -2.15. The second-order valence-corrected chi connectivity index (χ2v) is 5.15. The first-order chi connectivity index (χ1) is 10.6. The average molecular weight is 398 g/mol. The maximum absolute atomic E-state index is 13.7. The minimum Gasteiger partial charge on any atom is -0.444 e. The molecule has 0 fully saturated rings. The highest BCUT2D eigenvalue weighted by atomic mass is 79.9. The summed E-state index contributed by atoms with van der Waals surface area (Å²) in [6, 6.07) is 3.47. The number of ether oxygens (including phenoxy) is 1. The highest BCUT2D eigenvalue weighted by Gasteiger charge is 2.33. The molecule has 0 radical (unpaired) electrons. The summed E-state index contributed by atoms with van der Waals surface area (Å²) in [5.74, 6) is -4.94. The van der Waals surface area contributed by atoms with E-state index in [0.717, 1.165) is 12.1 Å². The van der Waals surface area contributed by atoms with Crippen LogP contribution in [0.4, 0.5) is 27.6 Å². The number of benzene rings is 2. The molecule has 0 saturated heterocycles. The minimum absolute atomic E-state index is 0.0447. The van der Waals surface area contributed by atoms with Crippen molar-refractivity contribution in [2.45, 2.75) is 6.18 Å². The number of alkyl halides is 3. The fraction of sp³-hybridized carbons (Fsp3) is 0.0769. The first kappa shape index (κ1) is 17.1. The summed E-state index contributed by atoms with van der Waals surface area (Å²) in [5, 5.41) is 10.9. The molecule has 0 aliphatic carbocycles. The third kappa shape index (κ3) is 3.76. The molecule has 0 N–H and O–H groups in total. The van der Waals surface area contributed by atoms with Crippen LogP contribution in [0.3, 0.4) is 0 Å². The van der Waals surface area contributed by atoms with Gasteiger partial charge in [0, 0.05) is 10.5 Å². The quantitative estimate of drug-likeness (QED) is 0.393. The molecule has 0 spiro atoms. The van der Waals surface area contributed by atoms with Gasteiger partial charge in [-0.1, -0.05) is 15.9 Å². The van der Waals surface area contributed by atoms with Crippen LogP contribution in [-0.4, -0.2) is 4.92 Å². The van der Waals surface area contributed by atoms with Gasteiger partial charge in [0.1, 0.15) is 0 Å². The Labute approximate surface area is 133 Å². The zero-order valence-corrected chi connectivity index (χ0v) is 12.4. The first-order valence-corrected chi connectivity index (χ1v) is 6.57. The number of nitrogens with zero attached hydrogens (tertiary/aromatic N) is 1. The Hall–Kier alpha value is -2.23. The highest BCUT2D eigenvalue weighted by molar-refractivity contribution is 9.10. The van der Waals surface area contributed by atoms with Gasteiger partial charge in [0.15, 0.2) is 17.4 Å². The van der Waals surface area contributed by atoms with Crippen molar-refractivity contribution in [2.24, 2.45) is 0 Å². The second-order valence-electron chi connectivity index (χ2n) is 4.24. The molecular formula is C13H5BrF5NO3. The van der Waals surface area contributed by atoms with Crippen LogP contribution in [0.5, 0.6) is 11.5 Å². The molecule has 2 aromatic rings. The summed E-state index contributed by atoms with van der Waals surface area (Å²) >= 11 is 2.98. The van der Waals surface area contributed by atoms with E-state index in [2.05, 4.69) is 15.9 Å². The van der Waals surface area contributed by atoms with Gasteiger partial charge in [-0.3, -0.25) is 10.1 Å². The molecule has 0 amide bonds. The van der Waals surface area contributed by atoms with Crippen molar-refractivity contribution >= 4 is 21.6 Å². The SMILES string of the molecule is O=[N+]([O-])c1cc(Br)ccc1Oc1c(F)cc(C(F)(F)F)cc1F. The predicted octanol–water partition coefficient (Wildman–Crippen LogP) is 5.45. The Morgan fingerprint density at radius 3 is 2.13 bits per heavy atom. The van der Waals surface area contributed by atoms with Crippen LogP contribution in [-0.2, 0) is 6.18 Å². The first-order valence-electron chi connectivity index (χ1n) is 5.77. The molecule has 2 rings (SSSR count). The topological polar surface area (TPSA) is 52.4 Å². The van der Waals surface area contributed by atoms with Crippen LogP contribution in [0.25, 0.3) is 0 Å². The zero-order chi connectivity index (χ0) is 17.4. The summed E-state index contributed by atoms with van der Waals surface area (Å²) in [7, 11) is 0. The van der Waals surface area contributed by atoms with Gasteiger partial charge in [0.2, 0.25) is 5.75 Å². The lowest BCUT2D eigenvalue weighted by Gasteiger charge is -2.12. The van der Waals surface area contributed by atoms with Crippen LogP contribution >= 0.6 is 15.9 Å². The summed E-state index contributed by atoms with van der Waals surface area (Å²) in [6.07, 6.45) is -4.94. The van der Waals surface area contributed by atoms with Crippen LogP contribution in [0.1, 0.15) is 5.56 Å². The average Bonchev–Trinajstić information content (AvgIpc) is 2.42. The van der Waals surface area contributed by atoms with Crippen molar-refractivity contribution in [1.82, 2.24) is 0 Å². The normalized spacial score (nSPS) is 11.4. The van der Waals surface area contributed by atoms with E-state index in [-0.39, 0.29) is 12.1 Å². The van der Waals surface area contributed by atoms with E-state index >= 15 is 0 Å². The van der Waals surface area contributed by atoms with Crippen LogP contribution in [0, 0.1) is 21.7 Å². The van der Waals surface area contributed by atoms with Gasteiger partial charge in [-0.25, -0.2) is 8.78 Å². The van der Waals surface area contributed by atoms with Crippen LogP contribution in [0.15, 0.2) is 34.8 Å². The molecule has 0 unspecified atom stereocenters. The Kier molecular flexibility index (Phi) is 4.55. The maximum atomic E-state index is 13.7. The fourth-order valence-electron chi connectivity index (χ4n) is 1.65. The number of nitro groups is 1. The van der Waals surface area contributed by atoms with Gasteiger partial charge in [-0.15, -0.1) is 0 Å². The van der Waals surface area contributed by atoms with E-state index in [1.165, 1.54) is 6.07 Å². The van der Waals surface area contributed by atoms with E-state index in [0.29, 0.717) is 4.47 Å². The molecular weight excluding hydrogens is 393 g/mol. The molecule has 0 bridgehead atoms. The summed E-state index contributed by atoms with van der Waals surface area (Å²) in [4.78, 5) is 10.0. The van der Waals surface area contributed by atoms with Gasteiger partial charge in [0.05, 0.1) is 10.5 Å². The Balaban J connectivity index is 2.48. The fourth-order valence-corrected chi connectivity index (χ4v) is 2.00. The Morgan fingerprint density at radius 2 is 1.65 bits per heavy atom. The number of hydrogen-bond acceptors (Lipinski definition) is 3. The van der Waals surface area contributed by atoms with Crippen LogP contribution < -0.4 is 4.74 Å². The smallest absolute Gasteiger partial charge is 0.416 e. The molecule has 122 valence electrons. The van der Waals surface area contributed by atoms with Crippen molar-refractivity contribution in [3.8, 4) is 11.5 Å². The standard InChI is InChI=1S/C13H5BrF5NO3/c14-7-1-2-11(10(5-7)20(21)22)23-12-8(15)3-6(4-9(12)16)13(17,18)19/h1-5H. The second kappa shape index (κ2) is 6.11. The molecule has 0 saturated carbocycles. The lowest BCUT2D eigenvalue weighted by Crippen LogP contribution is -2.07. The van der Waals surface area contributed by atoms with Crippen molar-refractivity contribution < 1.29 is 31.6 Å². The molecule has 0 heterocycles. The molecule has 0 aliphatic rings. The van der Waals surface area contributed by atoms with E-state index in [1.54, 1.807) is 0 Å². The summed E-state index contributed by atoms with van der Waals surface area (Å²) < 4.78 is 69.8. The van der Waals surface area contributed by atoms with Gasteiger partial charge in [0.25, 0.3) is 0 Å². The van der Waals surface area contributed by atoms with E-state index in [4.69, 9.17) is 4.74 Å². The third-order valence-corrected chi connectivity index (χ3v) is 3.15. The van der Waals surface area contributed by atoms with Gasteiger partial charge in [-0.05, 0) is 24.3 Å². The molecule has 23 heavy (non-hydrogen) atoms. The highest BCUT2D eigenvalue weighted by Crippen LogP contribution is 2.38. The van der Waals surface area contributed by atoms with Crippen molar-refractivity contribution in [3.63, 3.8) is 0 Å². The third-order valence-electron chi connectivity index (χ3n) is 2.66. The van der Waals surface area contributed by atoms with Gasteiger partial charge in [-0.2, -0.15) is 13.2 Å². The maximum Gasteiger partial charge on any atom is 0.416 e. The number of halogens is 6.